The summed E-state index contributed by atoms with van der Waals surface area (Å²) in [4.78, 5) is 0. The van der Waals surface area contributed by atoms with Gasteiger partial charge >= 0.3 is 0 Å². The van der Waals surface area contributed by atoms with Crippen molar-refractivity contribution in [2.75, 3.05) is 6.54 Å². The quantitative estimate of drug-likeness (QED) is 0.766. The maximum absolute atomic E-state index is 6.06. The highest BCUT2D eigenvalue weighted by molar-refractivity contribution is 6.31. The number of halogens is 1. The summed E-state index contributed by atoms with van der Waals surface area (Å²) in [7, 11) is 0. The molecule has 1 saturated carbocycles. The van der Waals surface area contributed by atoms with E-state index in [0.29, 0.717) is 0 Å². The minimum atomic E-state index is 0.808. The van der Waals surface area contributed by atoms with Gasteiger partial charge < -0.3 is 5.32 Å². The van der Waals surface area contributed by atoms with Crippen LogP contribution in [0.2, 0.25) is 5.02 Å². The molecule has 0 aliphatic heterocycles. The molecular weight excluding hydrogens is 218 g/mol. The lowest BCUT2D eigenvalue weighted by Gasteiger charge is -2.00. The first-order valence-electron chi connectivity index (χ1n) is 5.92. The normalized spacial score (nSPS) is 15.9. The third-order valence-corrected chi connectivity index (χ3v) is 3.23. The molecule has 1 aromatic carbocycles. The zero-order valence-corrected chi connectivity index (χ0v) is 10.4. The molecule has 86 valence electrons. The summed E-state index contributed by atoms with van der Waals surface area (Å²) in [5.74, 6) is 0. The molecule has 0 spiro atoms. The molecule has 1 nitrogen and oxygen atoms in total. The highest BCUT2D eigenvalue weighted by Gasteiger charge is 2.19. The van der Waals surface area contributed by atoms with Crippen molar-refractivity contribution in [3.05, 3.63) is 40.4 Å². The Labute approximate surface area is 103 Å². The molecule has 0 amide bonds. The second-order valence-corrected chi connectivity index (χ2v) is 4.84. The van der Waals surface area contributed by atoms with Crippen molar-refractivity contribution in [2.45, 2.75) is 32.2 Å². The molecule has 0 radical (unpaired) electrons. The van der Waals surface area contributed by atoms with Gasteiger partial charge in [-0.3, -0.25) is 0 Å². The van der Waals surface area contributed by atoms with Crippen LogP contribution in [0.15, 0.2) is 24.3 Å². The van der Waals surface area contributed by atoms with Crippen LogP contribution in [0.25, 0.3) is 6.08 Å². The SMILES string of the molecule is Cc1ccc(/C=C/CCNC2CC2)cc1Cl. The summed E-state index contributed by atoms with van der Waals surface area (Å²) in [5, 5.41) is 4.33. The van der Waals surface area contributed by atoms with Crippen molar-refractivity contribution < 1.29 is 0 Å². The predicted molar refractivity (Wildman–Crippen MR) is 70.9 cm³/mol. The van der Waals surface area contributed by atoms with Crippen LogP contribution < -0.4 is 5.32 Å². The van der Waals surface area contributed by atoms with Crippen LogP contribution in [0.4, 0.5) is 0 Å². The summed E-state index contributed by atoms with van der Waals surface area (Å²) < 4.78 is 0. The van der Waals surface area contributed by atoms with Crippen molar-refractivity contribution in [1.82, 2.24) is 5.32 Å². The lowest BCUT2D eigenvalue weighted by atomic mass is 10.1. The Morgan fingerprint density at radius 2 is 2.25 bits per heavy atom. The molecule has 0 bridgehead atoms. The molecule has 1 aromatic rings. The second kappa shape index (κ2) is 5.51. The minimum absolute atomic E-state index is 0.808. The van der Waals surface area contributed by atoms with E-state index in [1.807, 2.05) is 13.0 Å². The molecule has 2 heteroatoms. The molecular formula is C14H18ClN. The fourth-order valence-corrected chi connectivity index (χ4v) is 1.78. The smallest absolute Gasteiger partial charge is 0.0441 e. The van der Waals surface area contributed by atoms with Gasteiger partial charge in [0, 0.05) is 11.1 Å². The van der Waals surface area contributed by atoms with Gasteiger partial charge in [0.15, 0.2) is 0 Å². The number of aryl methyl sites for hydroxylation is 1. The summed E-state index contributed by atoms with van der Waals surface area (Å²) >= 11 is 6.06. The van der Waals surface area contributed by atoms with Crippen molar-refractivity contribution in [2.24, 2.45) is 0 Å². The maximum atomic E-state index is 6.06. The molecule has 0 unspecified atom stereocenters. The number of hydrogen-bond donors (Lipinski definition) is 1. The standard InChI is InChI=1S/C14H18ClN/c1-11-5-6-12(10-14(11)15)4-2-3-9-16-13-7-8-13/h2,4-6,10,13,16H,3,7-9H2,1H3/b4-2+. The first-order chi connectivity index (χ1) is 7.75. The first kappa shape index (κ1) is 11.7. The Kier molecular flexibility index (Phi) is 4.03. The summed E-state index contributed by atoms with van der Waals surface area (Å²) in [6, 6.07) is 6.99. The molecule has 0 heterocycles. The third kappa shape index (κ3) is 3.66. The average molecular weight is 236 g/mol. The van der Waals surface area contributed by atoms with Crippen LogP contribution in [0.5, 0.6) is 0 Å². The molecule has 0 saturated heterocycles. The van der Waals surface area contributed by atoms with Gasteiger partial charge in [-0.15, -0.1) is 0 Å². The van der Waals surface area contributed by atoms with Gasteiger partial charge in [0.05, 0.1) is 0 Å². The molecule has 1 fully saturated rings. The molecule has 2 rings (SSSR count). The van der Waals surface area contributed by atoms with E-state index in [2.05, 4.69) is 29.6 Å². The lowest BCUT2D eigenvalue weighted by molar-refractivity contribution is 0.691. The van der Waals surface area contributed by atoms with Crippen molar-refractivity contribution in [3.63, 3.8) is 0 Å². The summed E-state index contributed by atoms with van der Waals surface area (Å²) in [5.41, 5.74) is 2.32. The molecule has 1 aliphatic carbocycles. The average Bonchev–Trinajstić information content (AvgIpc) is 3.07. The number of rotatable bonds is 5. The predicted octanol–water partition coefficient (Wildman–Crippen LogP) is 3.80. The van der Waals surface area contributed by atoms with Crippen molar-refractivity contribution >= 4 is 17.7 Å². The van der Waals surface area contributed by atoms with Gasteiger partial charge in [-0.2, -0.15) is 0 Å². The van der Waals surface area contributed by atoms with E-state index in [-0.39, 0.29) is 0 Å². The topological polar surface area (TPSA) is 12.0 Å². The maximum Gasteiger partial charge on any atom is 0.0441 e. The van der Waals surface area contributed by atoms with E-state index in [4.69, 9.17) is 11.6 Å². The number of nitrogens with one attached hydrogen (secondary N) is 1. The van der Waals surface area contributed by atoms with Crippen LogP contribution in [0, 0.1) is 6.92 Å². The fourth-order valence-electron chi connectivity index (χ4n) is 1.59. The first-order valence-corrected chi connectivity index (χ1v) is 6.29. The van der Waals surface area contributed by atoms with E-state index >= 15 is 0 Å². The van der Waals surface area contributed by atoms with E-state index < -0.39 is 0 Å². The van der Waals surface area contributed by atoms with Crippen LogP contribution in [0.3, 0.4) is 0 Å². The van der Waals surface area contributed by atoms with Gasteiger partial charge in [-0.05, 0) is 49.9 Å². The fraction of sp³-hybridized carbons (Fsp3) is 0.429. The minimum Gasteiger partial charge on any atom is -0.314 e. The van der Waals surface area contributed by atoms with E-state index in [9.17, 15) is 0 Å². The molecule has 0 aromatic heterocycles. The van der Waals surface area contributed by atoms with Crippen LogP contribution in [-0.2, 0) is 0 Å². The third-order valence-electron chi connectivity index (χ3n) is 2.83. The second-order valence-electron chi connectivity index (χ2n) is 4.43. The van der Waals surface area contributed by atoms with Gasteiger partial charge in [0.1, 0.15) is 0 Å². The van der Waals surface area contributed by atoms with Gasteiger partial charge in [0.2, 0.25) is 0 Å². The van der Waals surface area contributed by atoms with Gasteiger partial charge in [-0.1, -0.05) is 35.9 Å². The van der Waals surface area contributed by atoms with Crippen molar-refractivity contribution in [3.8, 4) is 0 Å². The van der Waals surface area contributed by atoms with Crippen LogP contribution in [0.1, 0.15) is 30.4 Å². The zero-order chi connectivity index (χ0) is 11.4. The van der Waals surface area contributed by atoms with Gasteiger partial charge in [0.25, 0.3) is 0 Å². The monoisotopic (exact) mass is 235 g/mol. The molecule has 16 heavy (non-hydrogen) atoms. The lowest BCUT2D eigenvalue weighted by Crippen LogP contribution is -2.16. The Bertz CT molecular complexity index is 380. The summed E-state index contributed by atoms with van der Waals surface area (Å²) in [6.07, 6.45) is 8.15. The summed E-state index contributed by atoms with van der Waals surface area (Å²) in [6.45, 7) is 3.11. The molecule has 0 atom stereocenters. The highest BCUT2D eigenvalue weighted by atomic mass is 35.5. The number of hydrogen-bond acceptors (Lipinski definition) is 1. The largest absolute Gasteiger partial charge is 0.314 e. The van der Waals surface area contributed by atoms with Crippen LogP contribution >= 0.6 is 11.6 Å². The highest BCUT2D eigenvalue weighted by Crippen LogP contribution is 2.19. The Morgan fingerprint density at radius 1 is 1.44 bits per heavy atom. The zero-order valence-electron chi connectivity index (χ0n) is 9.67. The van der Waals surface area contributed by atoms with Crippen molar-refractivity contribution in [1.29, 1.82) is 0 Å². The Balaban J connectivity index is 1.77. The van der Waals surface area contributed by atoms with E-state index in [1.54, 1.807) is 0 Å². The molecule has 1 N–H and O–H groups in total. The Hall–Kier alpha value is -0.790. The molecule has 1 aliphatic rings. The van der Waals surface area contributed by atoms with Gasteiger partial charge in [-0.25, -0.2) is 0 Å². The van der Waals surface area contributed by atoms with E-state index in [0.717, 1.165) is 29.6 Å². The van der Waals surface area contributed by atoms with E-state index in [1.165, 1.54) is 18.4 Å². The van der Waals surface area contributed by atoms with Crippen LogP contribution in [-0.4, -0.2) is 12.6 Å². The Morgan fingerprint density at radius 3 is 2.94 bits per heavy atom. The number of benzene rings is 1.